The fraction of sp³-hybridized carbons (Fsp3) is 0.133. The van der Waals surface area contributed by atoms with E-state index in [1.165, 1.54) is 0 Å². The zero-order valence-electron chi connectivity index (χ0n) is 11.4. The molecule has 0 unspecified atom stereocenters. The van der Waals surface area contributed by atoms with E-state index in [-0.39, 0.29) is 5.97 Å². The van der Waals surface area contributed by atoms with Crippen LogP contribution in [0.4, 0.5) is 0 Å². The summed E-state index contributed by atoms with van der Waals surface area (Å²) in [6.45, 7) is 0. The molecule has 0 saturated heterocycles. The first-order valence-corrected chi connectivity index (χ1v) is 11.7. The number of halogens is 4. The maximum atomic E-state index is 12.4. The Hall–Kier alpha value is -0.131. The summed E-state index contributed by atoms with van der Waals surface area (Å²) in [5, 5.41) is 1.62. The Balaban J connectivity index is 2.52. The van der Waals surface area contributed by atoms with Crippen molar-refractivity contribution in [2.75, 3.05) is 0 Å². The Bertz CT molecular complexity index is 654. The van der Waals surface area contributed by atoms with Crippen molar-refractivity contribution in [1.82, 2.24) is 0 Å². The summed E-state index contributed by atoms with van der Waals surface area (Å²) in [6, 6.07) is 10.1. The second-order valence-corrected chi connectivity index (χ2v) is 7.78. The van der Waals surface area contributed by atoms with Crippen molar-refractivity contribution in [3.05, 3.63) is 67.6 Å². The molecule has 0 spiro atoms. The second-order valence-electron chi connectivity index (χ2n) is 4.41. The van der Waals surface area contributed by atoms with Crippen molar-refractivity contribution in [1.29, 1.82) is 0 Å². The van der Waals surface area contributed by atoms with Crippen LogP contribution in [0.5, 0.6) is 0 Å². The third kappa shape index (κ3) is 4.24. The predicted octanol–water partition coefficient (Wildman–Crippen LogP) is 5.64. The van der Waals surface area contributed by atoms with Crippen molar-refractivity contribution in [2.45, 2.75) is 10.9 Å². The average Bonchev–Trinajstić information content (AvgIpc) is 2.47. The number of benzene rings is 2. The third-order valence-corrected chi connectivity index (χ3v) is 5.63. The molecule has 0 atom stereocenters. The molecule has 114 valence electrons. The number of hydrogen-bond donors (Lipinski definition) is 0. The molecule has 2 rings (SSSR count). The van der Waals surface area contributed by atoms with Crippen molar-refractivity contribution in [2.24, 2.45) is 0 Å². The Kier molecular flexibility index (Phi) is 6.71. The minimum absolute atomic E-state index is 0.314. The third-order valence-electron chi connectivity index (χ3n) is 2.99. The van der Waals surface area contributed by atoms with Gasteiger partial charge in [0.1, 0.15) is 0 Å². The van der Waals surface area contributed by atoms with Crippen molar-refractivity contribution >= 4 is 73.9 Å². The van der Waals surface area contributed by atoms with Crippen LogP contribution in [-0.4, -0.2) is 27.5 Å². The van der Waals surface area contributed by atoms with Gasteiger partial charge in [0.2, 0.25) is 0 Å². The molecule has 22 heavy (non-hydrogen) atoms. The van der Waals surface area contributed by atoms with Crippen molar-refractivity contribution in [3.8, 4) is 0 Å². The van der Waals surface area contributed by atoms with Gasteiger partial charge in [-0.3, -0.25) is 0 Å². The van der Waals surface area contributed by atoms with Gasteiger partial charge in [-0.1, -0.05) is 0 Å². The summed E-state index contributed by atoms with van der Waals surface area (Å²) < 4.78 is 5.33. The SMILES string of the molecule is [CH3][Sn][O]C(=O)C(c1ccc(Cl)c(Cl)c1)c1ccc(Cl)c(Cl)c1. The van der Waals surface area contributed by atoms with Gasteiger partial charge in [0.25, 0.3) is 0 Å². The van der Waals surface area contributed by atoms with Crippen LogP contribution in [0.1, 0.15) is 17.0 Å². The summed E-state index contributed by atoms with van der Waals surface area (Å²) >= 11 is 22.9. The fourth-order valence-corrected chi connectivity index (χ4v) is 3.53. The van der Waals surface area contributed by atoms with Gasteiger partial charge in [-0.15, -0.1) is 0 Å². The van der Waals surface area contributed by atoms with Crippen LogP contribution in [-0.2, 0) is 7.87 Å². The van der Waals surface area contributed by atoms with E-state index in [9.17, 15) is 4.79 Å². The molecule has 0 aliphatic carbocycles. The van der Waals surface area contributed by atoms with Gasteiger partial charge in [-0.25, -0.2) is 0 Å². The summed E-state index contributed by atoms with van der Waals surface area (Å²) in [5.41, 5.74) is 1.40. The van der Waals surface area contributed by atoms with E-state index in [0.29, 0.717) is 31.2 Å². The van der Waals surface area contributed by atoms with Gasteiger partial charge in [0.15, 0.2) is 0 Å². The van der Waals surface area contributed by atoms with Crippen LogP contribution in [0.15, 0.2) is 36.4 Å². The van der Waals surface area contributed by atoms with E-state index in [2.05, 4.69) is 0 Å². The topological polar surface area (TPSA) is 26.3 Å². The van der Waals surface area contributed by atoms with Crippen LogP contribution in [0, 0.1) is 0 Å². The molecular weight excluding hydrogens is 473 g/mol. The van der Waals surface area contributed by atoms with E-state index in [1.807, 2.05) is 4.94 Å². The molecule has 0 N–H and O–H groups in total. The van der Waals surface area contributed by atoms with Gasteiger partial charge in [0, 0.05) is 0 Å². The fourth-order valence-electron chi connectivity index (χ4n) is 2.01. The van der Waals surface area contributed by atoms with Gasteiger partial charge in [0.05, 0.1) is 0 Å². The van der Waals surface area contributed by atoms with Crippen LogP contribution in [0.3, 0.4) is 0 Å². The Morgan fingerprint density at radius 2 is 1.36 bits per heavy atom. The van der Waals surface area contributed by atoms with Gasteiger partial charge in [-0.05, 0) is 0 Å². The molecule has 7 heteroatoms. The zero-order valence-corrected chi connectivity index (χ0v) is 17.2. The Morgan fingerprint density at radius 3 is 1.73 bits per heavy atom. The van der Waals surface area contributed by atoms with Crippen LogP contribution in [0.25, 0.3) is 0 Å². The summed E-state index contributed by atoms with van der Waals surface area (Å²) in [6.07, 6.45) is 0. The number of rotatable bonds is 4. The van der Waals surface area contributed by atoms with E-state index in [4.69, 9.17) is 49.5 Å². The van der Waals surface area contributed by atoms with Crippen molar-refractivity contribution < 1.29 is 7.87 Å². The molecule has 0 fully saturated rings. The number of carbonyl (C=O) groups excluding carboxylic acids is 1. The van der Waals surface area contributed by atoms with Gasteiger partial charge < -0.3 is 0 Å². The molecule has 0 aromatic heterocycles. The number of hydrogen-bond acceptors (Lipinski definition) is 2. The summed E-state index contributed by atoms with van der Waals surface area (Å²) in [4.78, 5) is 14.3. The van der Waals surface area contributed by atoms with Gasteiger partial charge in [-0.2, -0.15) is 0 Å². The van der Waals surface area contributed by atoms with Crippen LogP contribution in [0.2, 0.25) is 25.0 Å². The normalized spacial score (nSPS) is 10.8. The number of carbonyl (C=O) groups is 1. The molecule has 0 saturated carbocycles. The molecule has 0 heterocycles. The Morgan fingerprint density at radius 1 is 0.909 bits per heavy atom. The van der Waals surface area contributed by atoms with E-state index >= 15 is 0 Å². The molecule has 2 aromatic rings. The molecular formula is C15H10Cl4O2Sn. The predicted molar refractivity (Wildman–Crippen MR) is 92.5 cm³/mol. The van der Waals surface area contributed by atoms with E-state index < -0.39 is 27.5 Å². The van der Waals surface area contributed by atoms with Crippen LogP contribution < -0.4 is 0 Å². The quantitative estimate of drug-likeness (QED) is 0.527. The molecule has 0 bridgehead atoms. The summed E-state index contributed by atoms with van der Waals surface area (Å²) in [5.74, 6) is -0.920. The average molecular weight is 483 g/mol. The minimum atomic E-state index is -1.15. The zero-order chi connectivity index (χ0) is 16.3. The van der Waals surface area contributed by atoms with E-state index in [0.717, 1.165) is 0 Å². The molecule has 0 amide bonds. The molecule has 2 nitrogen and oxygen atoms in total. The first kappa shape index (κ1) is 18.2. The summed E-state index contributed by atoms with van der Waals surface area (Å²) in [7, 11) is 0. The van der Waals surface area contributed by atoms with Crippen LogP contribution >= 0.6 is 46.4 Å². The standard InChI is InChI=1S/C14H8Cl4O2.CH3.Sn/c15-9-3-1-7(5-11(9)17)13(14(19)20)8-2-4-10(16)12(18)6-8;;/h1-6,13H,(H,19,20);1H3;/q;;+1/p-1. The molecule has 2 aromatic carbocycles. The first-order chi connectivity index (χ1) is 10.4. The van der Waals surface area contributed by atoms with E-state index in [1.54, 1.807) is 36.4 Å². The first-order valence-electron chi connectivity index (χ1n) is 6.21. The van der Waals surface area contributed by atoms with Crippen molar-refractivity contribution in [3.63, 3.8) is 0 Å². The van der Waals surface area contributed by atoms with Gasteiger partial charge >= 0.3 is 160 Å². The second kappa shape index (κ2) is 8.11. The molecule has 0 aliphatic rings. The molecule has 2 radical (unpaired) electrons. The molecule has 0 aliphatic heterocycles. The Labute approximate surface area is 159 Å². The maximum absolute atomic E-state index is 12.4. The monoisotopic (exact) mass is 482 g/mol.